The highest BCUT2D eigenvalue weighted by atomic mass is 32.1. The van der Waals surface area contributed by atoms with E-state index in [9.17, 15) is 4.79 Å². The van der Waals surface area contributed by atoms with E-state index in [1.807, 2.05) is 23.7 Å². The lowest BCUT2D eigenvalue weighted by Gasteiger charge is -2.01. The summed E-state index contributed by atoms with van der Waals surface area (Å²) in [6.07, 6.45) is -0.288. The van der Waals surface area contributed by atoms with E-state index >= 15 is 0 Å². The molecule has 0 unspecified atom stereocenters. The molecule has 2 rings (SSSR count). The van der Waals surface area contributed by atoms with Gasteiger partial charge < -0.3 is 10.4 Å². The predicted octanol–water partition coefficient (Wildman–Crippen LogP) is 2.11. The molecule has 1 aromatic carbocycles. The number of carboxylic acid groups (broad SMARTS) is 1. The Labute approximate surface area is 90.6 Å². The summed E-state index contributed by atoms with van der Waals surface area (Å²) in [5.74, 6) is 0. The summed E-state index contributed by atoms with van der Waals surface area (Å²) in [6, 6.07) is 6.02. The Morgan fingerprint density at radius 1 is 1.53 bits per heavy atom. The highest BCUT2D eigenvalue weighted by Crippen LogP contribution is 2.18. The minimum absolute atomic E-state index is 0.435. The quantitative estimate of drug-likeness (QED) is 0.836. The average molecular weight is 222 g/mol. The fraction of sp³-hybridized carbons (Fsp3) is 0.200. The topological polar surface area (TPSA) is 62.2 Å². The van der Waals surface area contributed by atoms with Crippen molar-refractivity contribution in [3.63, 3.8) is 0 Å². The first kappa shape index (κ1) is 9.92. The summed E-state index contributed by atoms with van der Waals surface area (Å²) in [5.41, 5.74) is 3.89. The monoisotopic (exact) mass is 222 g/mol. The molecule has 0 aliphatic carbocycles. The van der Waals surface area contributed by atoms with Crippen molar-refractivity contribution in [2.24, 2.45) is 0 Å². The third kappa shape index (κ3) is 2.44. The molecule has 4 nitrogen and oxygen atoms in total. The molecule has 0 aliphatic heterocycles. The van der Waals surface area contributed by atoms with Crippen LogP contribution in [0, 0.1) is 0 Å². The summed E-state index contributed by atoms with van der Waals surface area (Å²) < 4.78 is 1.16. The Morgan fingerprint density at radius 3 is 3.20 bits per heavy atom. The van der Waals surface area contributed by atoms with Gasteiger partial charge >= 0.3 is 6.09 Å². The van der Waals surface area contributed by atoms with E-state index in [1.165, 1.54) is 0 Å². The summed E-state index contributed by atoms with van der Waals surface area (Å²) >= 11 is 1.60. The van der Waals surface area contributed by atoms with Gasteiger partial charge in [0, 0.05) is 6.54 Å². The predicted molar refractivity (Wildman–Crippen MR) is 59.4 cm³/mol. The number of benzene rings is 1. The van der Waals surface area contributed by atoms with Crippen LogP contribution in [0.4, 0.5) is 4.79 Å². The number of thiazole rings is 1. The van der Waals surface area contributed by atoms with Crippen LogP contribution in [0.3, 0.4) is 0 Å². The molecule has 0 bridgehead atoms. The summed E-state index contributed by atoms with van der Waals surface area (Å²) in [7, 11) is 0. The van der Waals surface area contributed by atoms with Crippen LogP contribution >= 0.6 is 11.3 Å². The molecule has 0 atom stereocenters. The van der Waals surface area contributed by atoms with E-state index in [-0.39, 0.29) is 0 Å². The molecular formula is C10H10N2O2S. The Kier molecular flexibility index (Phi) is 2.82. The summed E-state index contributed by atoms with van der Waals surface area (Å²) in [4.78, 5) is 14.4. The molecule has 0 saturated heterocycles. The number of amides is 1. The second-order valence-corrected chi connectivity index (χ2v) is 4.02. The van der Waals surface area contributed by atoms with Crippen LogP contribution in [0.2, 0.25) is 0 Å². The lowest BCUT2D eigenvalue weighted by Crippen LogP contribution is -2.23. The van der Waals surface area contributed by atoms with Crippen molar-refractivity contribution in [3.8, 4) is 0 Å². The Hall–Kier alpha value is -1.62. The summed E-state index contributed by atoms with van der Waals surface area (Å²) in [6.45, 7) is 0.435. The number of fused-ring (bicyclic) bond motifs is 1. The fourth-order valence-corrected chi connectivity index (χ4v) is 2.03. The molecule has 5 heteroatoms. The molecule has 78 valence electrons. The van der Waals surface area contributed by atoms with E-state index in [2.05, 4.69) is 10.3 Å². The van der Waals surface area contributed by atoms with Gasteiger partial charge in [0.15, 0.2) is 0 Å². The number of nitrogens with one attached hydrogen (secondary N) is 1. The van der Waals surface area contributed by atoms with Crippen molar-refractivity contribution < 1.29 is 9.90 Å². The maximum atomic E-state index is 10.2. The standard InChI is InChI=1S/C10H10N2O2S/c13-10(14)11-4-3-7-1-2-9-8(5-7)12-6-15-9/h1-2,5-6,11H,3-4H2,(H,13,14). The van der Waals surface area contributed by atoms with Crippen molar-refractivity contribution in [2.45, 2.75) is 6.42 Å². The molecule has 1 amide bonds. The third-order valence-corrected chi connectivity index (χ3v) is 2.89. The normalized spacial score (nSPS) is 10.4. The zero-order valence-corrected chi connectivity index (χ0v) is 8.75. The van der Waals surface area contributed by atoms with Gasteiger partial charge in [0.2, 0.25) is 0 Å². The zero-order chi connectivity index (χ0) is 10.7. The molecule has 0 aliphatic rings. The van der Waals surface area contributed by atoms with Gasteiger partial charge in [-0.1, -0.05) is 6.07 Å². The van der Waals surface area contributed by atoms with E-state index in [0.717, 1.165) is 15.8 Å². The molecule has 0 saturated carbocycles. The van der Waals surface area contributed by atoms with Crippen LogP contribution in [0.1, 0.15) is 5.56 Å². The number of rotatable bonds is 3. The zero-order valence-electron chi connectivity index (χ0n) is 7.93. The van der Waals surface area contributed by atoms with Crippen molar-refractivity contribution in [2.75, 3.05) is 6.54 Å². The molecule has 2 N–H and O–H groups in total. The minimum atomic E-state index is -0.982. The van der Waals surface area contributed by atoms with Crippen LogP contribution in [0.25, 0.3) is 10.2 Å². The largest absolute Gasteiger partial charge is 0.465 e. The first-order chi connectivity index (χ1) is 7.25. The Bertz CT molecular complexity index is 481. The van der Waals surface area contributed by atoms with E-state index < -0.39 is 6.09 Å². The van der Waals surface area contributed by atoms with Gasteiger partial charge in [-0.3, -0.25) is 0 Å². The summed E-state index contributed by atoms with van der Waals surface area (Å²) in [5, 5.41) is 10.7. The molecule has 15 heavy (non-hydrogen) atoms. The smallest absolute Gasteiger partial charge is 0.404 e. The van der Waals surface area contributed by atoms with Gasteiger partial charge in [-0.05, 0) is 24.1 Å². The molecule has 0 spiro atoms. The highest BCUT2D eigenvalue weighted by molar-refractivity contribution is 7.16. The highest BCUT2D eigenvalue weighted by Gasteiger charge is 1.99. The number of hydrogen-bond acceptors (Lipinski definition) is 3. The van der Waals surface area contributed by atoms with Gasteiger partial charge in [-0.15, -0.1) is 11.3 Å². The first-order valence-corrected chi connectivity index (χ1v) is 5.42. The number of carbonyl (C=O) groups is 1. The van der Waals surface area contributed by atoms with E-state index in [4.69, 9.17) is 5.11 Å². The van der Waals surface area contributed by atoms with Crippen LogP contribution in [0.5, 0.6) is 0 Å². The molecule has 0 radical (unpaired) electrons. The first-order valence-electron chi connectivity index (χ1n) is 4.54. The van der Waals surface area contributed by atoms with Gasteiger partial charge in [0.05, 0.1) is 15.7 Å². The fourth-order valence-electron chi connectivity index (χ4n) is 1.37. The molecule has 1 heterocycles. The van der Waals surface area contributed by atoms with E-state index in [1.54, 1.807) is 11.3 Å². The second kappa shape index (κ2) is 4.27. The number of hydrogen-bond donors (Lipinski definition) is 2. The van der Waals surface area contributed by atoms with E-state index in [0.29, 0.717) is 13.0 Å². The van der Waals surface area contributed by atoms with Crippen LogP contribution < -0.4 is 5.32 Å². The van der Waals surface area contributed by atoms with Crippen LogP contribution in [-0.4, -0.2) is 22.7 Å². The Balaban J connectivity index is 2.04. The Morgan fingerprint density at radius 2 is 2.40 bits per heavy atom. The average Bonchev–Trinajstić information content (AvgIpc) is 2.64. The van der Waals surface area contributed by atoms with Gasteiger partial charge in [0.1, 0.15) is 0 Å². The SMILES string of the molecule is O=C(O)NCCc1ccc2scnc2c1. The second-order valence-electron chi connectivity index (χ2n) is 3.14. The van der Waals surface area contributed by atoms with Crippen molar-refractivity contribution >= 4 is 27.6 Å². The molecule has 0 fully saturated rings. The van der Waals surface area contributed by atoms with Gasteiger partial charge in [-0.2, -0.15) is 0 Å². The van der Waals surface area contributed by atoms with Gasteiger partial charge in [-0.25, -0.2) is 9.78 Å². The number of aromatic nitrogens is 1. The molecular weight excluding hydrogens is 212 g/mol. The van der Waals surface area contributed by atoms with Crippen LogP contribution in [0.15, 0.2) is 23.7 Å². The lowest BCUT2D eigenvalue weighted by atomic mass is 10.1. The minimum Gasteiger partial charge on any atom is -0.465 e. The number of nitrogens with zero attached hydrogens (tertiary/aromatic N) is 1. The van der Waals surface area contributed by atoms with Crippen LogP contribution in [-0.2, 0) is 6.42 Å². The lowest BCUT2D eigenvalue weighted by molar-refractivity contribution is 0.194. The maximum Gasteiger partial charge on any atom is 0.404 e. The van der Waals surface area contributed by atoms with Crippen molar-refractivity contribution in [1.82, 2.24) is 10.3 Å². The third-order valence-electron chi connectivity index (χ3n) is 2.08. The van der Waals surface area contributed by atoms with Gasteiger partial charge in [0.25, 0.3) is 0 Å². The molecule has 1 aromatic heterocycles. The maximum absolute atomic E-state index is 10.2. The van der Waals surface area contributed by atoms with Crippen molar-refractivity contribution in [3.05, 3.63) is 29.3 Å². The van der Waals surface area contributed by atoms with Crippen molar-refractivity contribution in [1.29, 1.82) is 0 Å². The molecule has 2 aromatic rings.